The van der Waals surface area contributed by atoms with Gasteiger partial charge in [0.1, 0.15) is 52.8 Å². The molecule has 0 amide bonds. The molecular formula is C28H29F7N8O2. The van der Waals surface area contributed by atoms with E-state index in [4.69, 9.17) is 15.2 Å². The minimum atomic E-state index is -5.37. The van der Waals surface area contributed by atoms with Gasteiger partial charge in [0.05, 0.1) is 17.1 Å². The molecule has 3 N–H and O–H groups in total. The lowest BCUT2D eigenvalue weighted by Crippen LogP contribution is -2.56. The van der Waals surface area contributed by atoms with Crippen LogP contribution < -0.4 is 25.4 Å². The zero-order chi connectivity index (χ0) is 31.8. The summed E-state index contributed by atoms with van der Waals surface area (Å²) in [6.45, 7) is 4.12. The minimum Gasteiger partial charge on any atom is -0.472 e. The Bertz CT molecular complexity index is 1660. The van der Waals surface area contributed by atoms with Crippen molar-refractivity contribution in [1.29, 1.82) is 0 Å². The molecule has 17 heteroatoms. The van der Waals surface area contributed by atoms with Crippen molar-refractivity contribution in [2.45, 2.75) is 62.6 Å². The topological polar surface area (TPSA) is 115 Å². The van der Waals surface area contributed by atoms with Crippen LogP contribution in [-0.4, -0.2) is 88.0 Å². The zero-order valence-electron chi connectivity index (χ0n) is 24.0. The van der Waals surface area contributed by atoms with E-state index in [0.29, 0.717) is 38.7 Å². The summed E-state index contributed by atoms with van der Waals surface area (Å²) in [5.74, 6) is -2.10. The Morgan fingerprint density at radius 3 is 2.76 bits per heavy atom. The Balaban J connectivity index is 1.43. The van der Waals surface area contributed by atoms with Gasteiger partial charge in [-0.25, -0.2) is 27.5 Å². The number of nitrogens with zero attached hydrogens (tertiary/aromatic N) is 6. The third-order valence-corrected chi connectivity index (χ3v) is 9.15. The minimum absolute atomic E-state index is 0.00476. The molecule has 0 unspecified atom stereocenters. The molecule has 4 atom stereocenters. The Hall–Kier alpha value is -3.73. The molecule has 0 aromatic carbocycles. The molecule has 4 aliphatic heterocycles. The Morgan fingerprint density at radius 2 is 2.00 bits per heavy atom. The van der Waals surface area contributed by atoms with Crippen LogP contribution in [-0.2, 0) is 6.18 Å². The number of nitrogens with one attached hydrogen (secondary N) is 1. The van der Waals surface area contributed by atoms with E-state index < -0.39 is 70.1 Å². The van der Waals surface area contributed by atoms with Crippen LogP contribution in [0.15, 0.2) is 6.07 Å². The number of pyridine rings is 2. The molecule has 3 aromatic heterocycles. The number of nitrogen functional groups attached to an aromatic ring is 1. The van der Waals surface area contributed by atoms with Crippen molar-refractivity contribution in [2.75, 3.05) is 50.0 Å². The van der Waals surface area contributed by atoms with E-state index in [1.807, 2.05) is 9.80 Å². The van der Waals surface area contributed by atoms with E-state index >= 15 is 4.39 Å². The molecule has 3 aromatic rings. The Kier molecular flexibility index (Phi) is 7.11. The molecule has 3 fully saturated rings. The lowest BCUT2D eigenvalue weighted by molar-refractivity contribution is -0.139. The number of nitrogens with two attached hydrogens (primary N) is 1. The highest BCUT2D eigenvalue weighted by Crippen LogP contribution is 2.47. The number of ether oxygens (including phenoxy) is 2. The first-order chi connectivity index (χ1) is 21.4. The van der Waals surface area contributed by atoms with Crippen molar-refractivity contribution in [1.82, 2.24) is 30.2 Å². The summed E-state index contributed by atoms with van der Waals surface area (Å²) in [7, 11) is 0. The van der Waals surface area contributed by atoms with Crippen LogP contribution in [0.5, 0.6) is 11.9 Å². The zero-order valence-corrected chi connectivity index (χ0v) is 24.0. The number of rotatable bonds is 5. The number of fused-ring (bicyclic) bond motifs is 3. The van der Waals surface area contributed by atoms with Crippen LogP contribution in [0.2, 0.25) is 0 Å². The fourth-order valence-electron chi connectivity index (χ4n) is 7.18. The largest absolute Gasteiger partial charge is 0.472 e. The number of halogens is 7. The van der Waals surface area contributed by atoms with Crippen LogP contribution in [0, 0.1) is 5.82 Å². The van der Waals surface area contributed by atoms with Gasteiger partial charge in [-0.05, 0) is 32.4 Å². The lowest BCUT2D eigenvalue weighted by Gasteiger charge is -2.38. The van der Waals surface area contributed by atoms with Crippen molar-refractivity contribution in [2.24, 2.45) is 0 Å². The van der Waals surface area contributed by atoms with Crippen LogP contribution in [0.25, 0.3) is 22.2 Å². The summed E-state index contributed by atoms with van der Waals surface area (Å²) in [5.41, 5.74) is -0.940. The second-order valence-corrected chi connectivity index (χ2v) is 11.9. The number of hydrogen-bond acceptors (Lipinski definition) is 10. The van der Waals surface area contributed by atoms with E-state index in [0.717, 1.165) is 6.42 Å². The second kappa shape index (κ2) is 10.7. The van der Waals surface area contributed by atoms with Gasteiger partial charge in [0.15, 0.2) is 5.82 Å². The maximum Gasteiger partial charge on any atom is 0.419 e. The molecule has 0 bridgehead atoms. The van der Waals surface area contributed by atoms with Crippen molar-refractivity contribution in [3.8, 4) is 23.1 Å². The molecule has 7 rings (SSSR count). The molecular weight excluding hydrogens is 613 g/mol. The SMILES string of the molecule is C[C@@H]1Oc2nc(-c3cc(N)nc(C(F)F)c3C(F)(F)F)c(F)c3nc(OC[C@@]45CCCN4C[C@H](F)C5)nc(c23)N2CCNC[C@@H]12. The van der Waals surface area contributed by atoms with E-state index in [2.05, 4.69) is 25.3 Å². The number of piperazine rings is 1. The lowest BCUT2D eigenvalue weighted by atomic mass is 9.95. The monoisotopic (exact) mass is 642 g/mol. The van der Waals surface area contributed by atoms with Crippen LogP contribution in [0.1, 0.15) is 43.9 Å². The Morgan fingerprint density at radius 1 is 1.20 bits per heavy atom. The molecule has 0 saturated carbocycles. The van der Waals surface area contributed by atoms with Crippen molar-refractivity contribution in [3.63, 3.8) is 0 Å². The molecule has 0 spiro atoms. The Labute approximate surface area is 252 Å². The molecule has 242 valence electrons. The predicted octanol–water partition coefficient (Wildman–Crippen LogP) is 4.28. The molecule has 3 saturated heterocycles. The fourth-order valence-corrected chi connectivity index (χ4v) is 7.18. The molecule has 7 heterocycles. The quantitative estimate of drug-likeness (QED) is 0.391. The molecule has 4 aliphatic rings. The van der Waals surface area contributed by atoms with Gasteiger partial charge in [0, 0.05) is 38.2 Å². The fraction of sp³-hybridized carbons (Fsp3) is 0.571. The molecule has 0 radical (unpaired) electrons. The second-order valence-electron chi connectivity index (χ2n) is 11.9. The highest BCUT2D eigenvalue weighted by molar-refractivity contribution is 5.97. The van der Waals surface area contributed by atoms with Gasteiger partial charge in [-0.1, -0.05) is 0 Å². The predicted molar refractivity (Wildman–Crippen MR) is 148 cm³/mol. The molecule has 0 aliphatic carbocycles. The van der Waals surface area contributed by atoms with Crippen LogP contribution in [0.4, 0.5) is 42.4 Å². The van der Waals surface area contributed by atoms with Gasteiger partial charge in [0.2, 0.25) is 5.88 Å². The van der Waals surface area contributed by atoms with Gasteiger partial charge in [-0.15, -0.1) is 0 Å². The summed E-state index contributed by atoms with van der Waals surface area (Å²) >= 11 is 0. The highest BCUT2D eigenvalue weighted by Gasteiger charge is 2.50. The number of alkyl halides is 6. The standard InChI is InChI=1S/C28H29F7N8O2/c1-12-15-9-37-4-6-43(15)24-17-21(40-26(41-24)44-11-27-3-2-5-42(27)10-13(29)8-27)19(30)20(39-25(17)45-12)14-7-16(36)38-22(23(31)32)18(14)28(33,34)35/h7,12-13,15,23,37H,2-6,8-11H2,1H3,(H2,36,38)/t12-,13+,15-,27-/m0/s1. The van der Waals surface area contributed by atoms with Gasteiger partial charge in [0.25, 0.3) is 6.43 Å². The van der Waals surface area contributed by atoms with Gasteiger partial charge >= 0.3 is 12.2 Å². The summed E-state index contributed by atoms with van der Waals surface area (Å²) in [5, 5.41) is 3.25. The van der Waals surface area contributed by atoms with Gasteiger partial charge in [-0.2, -0.15) is 23.1 Å². The highest BCUT2D eigenvalue weighted by atomic mass is 19.4. The average molecular weight is 643 g/mol. The summed E-state index contributed by atoms with van der Waals surface area (Å²) in [4.78, 5) is 20.1. The van der Waals surface area contributed by atoms with Crippen molar-refractivity contribution in [3.05, 3.63) is 23.1 Å². The normalized spacial score (nSPS) is 26.6. The van der Waals surface area contributed by atoms with Crippen LogP contribution >= 0.6 is 0 Å². The van der Waals surface area contributed by atoms with E-state index in [9.17, 15) is 26.3 Å². The third kappa shape index (κ3) is 4.94. The number of aromatic nitrogens is 4. The van der Waals surface area contributed by atoms with E-state index in [-0.39, 0.29) is 48.7 Å². The first-order valence-corrected chi connectivity index (χ1v) is 14.6. The number of anilines is 2. The summed E-state index contributed by atoms with van der Waals surface area (Å²) in [6, 6.07) is 0.0323. The van der Waals surface area contributed by atoms with Crippen LogP contribution in [0.3, 0.4) is 0 Å². The summed E-state index contributed by atoms with van der Waals surface area (Å²) < 4.78 is 114. The first kappa shape index (κ1) is 30.0. The first-order valence-electron chi connectivity index (χ1n) is 14.6. The average Bonchev–Trinajstić information content (AvgIpc) is 3.47. The molecule has 45 heavy (non-hydrogen) atoms. The van der Waals surface area contributed by atoms with Gasteiger partial charge < -0.3 is 25.4 Å². The maximum absolute atomic E-state index is 16.6. The maximum atomic E-state index is 16.6. The number of hydrogen-bond donors (Lipinski definition) is 2. The van der Waals surface area contributed by atoms with E-state index in [1.165, 1.54) is 0 Å². The summed E-state index contributed by atoms with van der Waals surface area (Å²) in [6.07, 6.45) is -8.90. The van der Waals surface area contributed by atoms with E-state index in [1.54, 1.807) is 6.92 Å². The van der Waals surface area contributed by atoms with Crippen molar-refractivity contribution >= 4 is 22.5 Å². The molecule has 10 nitrogen and oxygen atoms in total. The van der Waals surface area contributed by atoms with Gasteiger partial charge in [-0.3, -0.25) is 4.90 Å². The third-order valence-electron chi connectivity index (χ3n) is 9.15. The van der Waals surface area contributed by atoms with Crippen molar-refractivity contribution < 1.29 is 40.2 Å². The smallest absolute Gasteiger partial charge is 0.419 e.